The van der Waals surface area contributed by atoms with Crippen molar-refractivity contribution >= 4 is 34.3 Å². The maximum atomic E-state index is 12.0. The van der Waals surface area contributed by atoms with E-state index < -0.39 is 17.4 Å². The zero-order valence-corrected chi connectivity index (χ0v) is 14.2. The molecule has 0 aliphatic carbocycles. The van der Waals surface area contributed by atoms with Crippen LogP contribution >= 0.6 is 11.3 Å². The number of hydrogen-bond donors (Lipinski definition) is 2. The first-order chi connectivity index (χ1) is 10.0. The lowest BCUT2D eigenvalue weighted by Gasteiger charge is -2.20. The van der Waals surface area contributed by atoms with Gasteiger partial charge in [0.2, 0.25) is 11.8 Å². The molecule has 1 unspecified atom stereocenters. The van der Waals surface area contributed by atoms with Crippen molar-refractivity contribution in [2.24, 2.45) is 5.41 Å². The van der Waals surface area contributed by atoms with Gasteiger partial charge in [0.05, 0.1) is 12.1 Å². The monoisotopic (exact) mass is 327 g/mol. The Balaban J connectivity index is 2.68. The van der Waals surface area contributed by atoms with E-state index in [4.69, 9.17) is 5.11 Å². The van der Waals surface area contributed by atoms with Gasteiger partial charge < -0.3 is 15.3 Å². The Morgan fingerprint density at radius 1 is 1.41 bits per heavy atom. The van der Waals surface area contributed by atoms with Crippen LogP contribution in [0.5, 0.6) is 0 Å². The van der Waals surface area contributed by atoms with Crippen LogP contribution in [0.1, 0.15) is 33.4 Å². The molecule has 0 aliphatic rings. The summed E-state index contributed by atoms with van der Waals surface area (Å²) in [5.41, 5.74) is -0.0256. The van der Waals surface area contributed by atoms with E-state index in [2.05, 4.69) is 10.3 Å². The average Bonchev–Trinajstić information content (AvgIpc) is 2.82. The lowest BCUT2D eigenvalue weighted by atomic mass is 9.96. The first-order valence-electron chi connectivity index (χ1n) is 6.76. The fourth-order valence-electron chi connectivity index (χ4n) is 1.39. The molecule has 0 fully saturated rings. The standard InChI is InChI=1S/C14H21N3O4S/c1-8(11(19)20)17(5)10(18)6-9-7-22-13(15-9)16-12(21)14(2,3)4/h7-8H,6H2,1-5H3,(H,19,20)(H,15,16,21). The van der Waals surface area contributed by atoms with Gasteiger partial charge in [0.1, 0.15) is 6.04 Å². The Morgan fingerprint density at radius 3 is 2.50 bits per heavy atom. The van der Waals surface area contributed by atoms with Gasteiger partial charge in [0.25, 0.3) is 0 Å². The Hall–Kier alpha value is -1.96. The number of nitrogens with zero attached hydrogens (tertiary/aromatic N) is 2. The lowest BCUT2D eigenvalue weighted by Crippen LogP contribution is -2.41. The number of amides is 2. The molecule has 1 heterocycles. The minimum absolute atomic E-state index is 0.00396. The highest BCUT2D eigenvalue weighted by Crippen LogP contribution is 2.21. The van der Waals surface area contributed by atoms with Crippen LogP contribution in [0.4, 0.5) is 5.13 Å². The molecule has 0 saturated heterocycles. The summed E-state index contributed by atoms with van der Waals surface area (Å²) in [6, 6.07) is -0.897. The number of aromatic nitrogens is 1. The average molecular weight is 327 g/mol. The van der Waals surface area contributed by atoms with Gasteiger partial charge in [0, 0.05) is 17.8 Å². The van der Waals surface area contributed by atoms with Crippen LogP contribution < -0.4 is 5.32 Å². The maximum absolute atomic E-state index is 12.0. The van der Waals surface area contributed by atoms with E-state index >= 15 is 0 Å². The van der Waals surface area contributed by atoms with Crippen LogP contribution in [-0.4, -0.2) is 45.9 Å². The van der Waals surface area contributed by atoms with Crippen molar-refractivity contribution in [2.75, 3.05) is 12.4 Å². The number of anilines is 1. The number of rotatable bonds is 5. The summed E-state index contributed by atoms with van der Waals surface area (Å²) >= 11 is 1.23. The molecule has 0 radical (unpaired) electrons. The number of aliphatic carboxylic acids is 1. The normalized spacial score (nSPS) is 12.6. The van der Waals surface area contributed by atoms with Crippen molar-refractivity contribution in [1.82, 2.24) is 9.88 Å². The number of carbonyl (C=O) groups excluding carboxylic acids is 2. The predicted molar refractivity (Wildman–Crippen MR) is 83.8 cm³/mol. The van der Waals surface area contributed by atoms with Gasteiger partial charge in [0.15, 0.2) is 5.13 Å². The van der Waals surface area contributed by atoms with Crippen LogP contribution in [0.2, 0.25) is 0 Å². The van der Waals surface area contributed by atoms with Crippen molar-refractivity contribution in [3.8, 4) is 0 Å². The van der Waals surface area contributed by atoms with Gasteiger partial charge in [-0.2, -0.15) is 0 Å². The van der Waals surface area contributed by atoms with Crippen LogP contribution in [-0.2, 0) is 20.8 Å². The molecule has 122 valence electrons. The Bertz CT molecular complexity index is 577. The van der Waals surface area contributed by atoms with Gasteiger partial charge in [-0.25, -0.2) is 9.78 Å². The number of thiazole rings is 1. The molecule has 22 heavy (non-hydrogen) atoms. The third-order valence-corrected chi connectivity index (χ3v) is 3.92. The van der Waals surface area contributed by atoms with Gasteiger partial charge in [-0.1, -0.05) is 20.8 Å². The zero-order valence-electron chi connectivity index (χ0n) is 13.3. The summed E-state index contributed by atoms with van der Waals surface area (Å²) in [5, 5.41) is 13.7. The number of hydrogen-bond acceptors (Lipinski definition) is 5. The van der Waals surface area contributed by atoms with Crippen molar-refractivity contribution in [1.29, 1.82) is 0 Å². The van der Waals surface area contributed by atoms with Crippen molar-refractivity contribution < 1.29 is 19.5 Å². The molecule has 0 aromatic carbocycles. The summed E-state index contributed by atoms with van der Waals surface area (Å²) in [5.74, 6) is -1.56. The second-order valence-corrected chi connectivity index (χ2v) is 6.90. The van der Waals surface area contributed by atoms with Gasteiger partial charge >= 0.3 is 5.97 Å². The fraction of sp³-hybridized carbons (Fsp3) is 0.571. The minimum atomic E-state index is -1.06. The highest BCUT2D eigenvalue weighted by atomic mass is 32.1. The lowest BCUT2D eigenvalue weighted by molar-refractivity contribution is -0.148. The molecule has 1 aromatic heterocycles. The van der Waals surface area contributed by atoms with E-state index in [1.165, 1.54) is 25.3 Å². The predicted octanol–water partition coefficient (Wildman–Crippen LogP) is 1.60. The molecular formula is C14H21N3O4S. The molecule has 8 heteroatoms. The van der Waals surface area contributed by atoms with E-state index in [9.17, 15) is 14.4 Å². The minimum Gasteiger partial charge on any atom is -0.480 e. The summed E-state index contributed by atoms with van der Waals surface area (Å²) in [6.07, 6.45) is -0.00396. The fourth-order valence-corrected chi connectivity index (χ4v) is 2.10. The van der Waals surface area contributed by atoms with E-state index in [-0.39, 0.29) is 18.2 Å². The van der Waals surface area contributed by atoms with E-state index in [0.29, 0.717) is 10.8 Å². The van der Waals surface area contributed by atoms with E-state index in [1.54, 1.807) is 26.2 Å². The maximum Gasteiger partial charge on any atom is 0.326 e. The highest BCUT2D eigenvalue weighted by molar-refractivity contribution is 7.13. The number of carbonyl (C=O) groups is 3. The molecule has 2 amide bonds. The molecule has 7 nitrogen and oxygen atoms in total. The molecule has 0 saturated carbocycles. The second-order valence-electron chi connectivity index (χ2n) is 6.04. The number of likely N-dealkylation sites (N-methyl/N-ethyl adjacent to an activating group) is 1. The molecule has 2 N–H and O–H groups in total. The van der Waals surface area contributed by atoms with Crippen molar-refractivity contribution in [3.63, 3.8) is 0 Å². The molecule has 1 atom stereocenters. The molecular weight excluding hydrogens is 306 g/mol. The Morgan fingerprint density at radius 2 is 2.00 bits per heavy atom. The Kier molecular flexibility index (Phi) is 5.65. The van der Waals surface area contributed by atoms with Gasteiger partial charge in [-0.05, 0) is 6.92 Å². The summed E-state index contributed by atoms with van der Waals surface area (Å²) < 4.78 is 0. The van der Waals surface area contributed by atoms with E-state index in [0.717, 1.165) is 4.90 Å². The van der Waals surface area contributed by atoms with Crippen LogP contribution in [0, 0.1) is 5.41 Å². The SMILES string of the molecule is CC(C(=O)O)N(C)C(=O)Cc1csc(NC(=O)C(C)(C)C)n1. The van der Waals surface area contributed by atoms with Gasteiger partial charge in [-0.3, -0.25) is 9.59 Å². The first-order valence-corrected chi connectivity index (χ1v) is 7.64. The van der Waals surface area contributed by atoms with Crippen LogP contribution in [0.15, 0.2) is 5.38 Å². The summed E-state index contributed by atoms with van der Waals surface area (Å²) in [4.78, 5) is 40.0. The second kappa shape index (κ2) is 6.87. The summed E-state index contributed by atoms with van der Waals surface area (Å²) in [7, 11) is 1.44. The van der Waals surface area contributed by atoms with Crippen molar-refractivity contribution in [2.45, 2.75) is 40.2 Å². The smallest absolute Gasteiger partial charge is 0.326 e. The van der Waals surface area contributed by atoms with Crippen molar-refractivity contribution in [3.05, 3.63) is 11.1 Å². The summed E-state index contributed by atoms with van der Waals surface area (Å²) in [6.45, 7) is 6.82. The Labute approximate surface area is 133 Å². The largest absolute Gasteiger partial charge is 0.480 e. The van der Waals surface area contributed by atoms with Gasteiger partial charge in [-0.15, -0.1) is 11.3 Å². The molecule has 1 aromatic rings. The number of carboxylic acids is 1. The first kappa shape index (κ1) is 18.1. The highest BCUT2D eigenvalue weighted by Gasteiger charge is 2.24. The van der Waals surface area contributed by atoms with E-state index in [1.807, 2.05) is 0 Å². The number of nitrogens with one attached hydrogen (secondary N) is 1. The zero-order chi connectivity index (χ0) is 17.1. The molecule has 0 aliphatic heterocycles. The number of carboxylic acid groups (broad SMARTS) is 1. The third kappa shape index (κ3) is 4.80. The molecule has 1 rings (SSSR count). The van der Waals surface area contributed by atoms with Crippen LogP contribution in [0.3, 0.4) is 0 Å². The molecule has 0 bridgehead atoms. The molecule has 0 spiro atoms. The third-order valence-electron chi connectivity index (χ3n) is 3.12. The quantitative estimate of drug-likeness (QED) is 0.856. The van der Waals surface area contributed by atoms with Crippen LogP contribution in [0.25, 0.3) is 0 Å². The topological polar surface area (TPSA) is 99.6 Å².